The highest BCUT2D eigenvalue weighted by atomic mass is 127. The molecule has 3 N–H and O–H groups in total. The van der Waals surface area contributed by atoms with Crippen LogP contribution >= 0.6 is 24.0 Å². The topological polar surface area (TPSA) is 59.6 Å². The van der Waals surface area contributed by atoms with Gasteiger partial charge in [0.2, 0.25) is 0 Å². The van der Waals surface area contributed by atoms with Gasteiger partial charge in [-0.1, -0.05) is 54.6 Å². The highest BCUT2D eigenvalue weighted by Gasteiger charge is 1.99. The zero-order valence-electron chi connectivity index (χ0n) is 14.2. The van der Waals surface area contributed by atoms with E-state index >= 15 is 0 Å². The Bertz CT molecular complexity index is 630. The summed E-state index contributed by atoms with van der Waals surface area (Å²) in [6.07, 6.45) is 0. The predicted molar refractivity (Wildman–Crippen MR) is 110 cm³/mol. The van der Waals surface area contributed by atoms with Crippen molar-refractivity contribution in [2.45, 2.75) is 39.6 Å². The minimum absolute atomic E-state index is 0. The number of rotatable bonds is 7. The summed E-state index contributed by atoms with van der Waals surface area (Å²) >= 11 is 0. The number of ether oxygens (including phenoxy) is 1. The zero-order valence-corrected chi connectivity index (χ0v) is 16.6. The fraction of sp³-hybridized carbons (Fsp3) is 0.316. The SMILES string of the molecule is CC(C)NC(N)=NCc1cccc(COCc2ccccc2)c1.I. The molecule has 0 aliphatic carbocycles. The molecule has 24 heavy (non-hydrogen) atoms. The Labute approximate surface area is 161 Å². The number of hydrogen-bond acceptors (Lipinski definition) is 2. The first kappa shape index (κ1) is 20.4. The minimum Gasteiger partial charge on any atom is -0.372 e. The van der Waals surface area contributed by atoms with Crippen molar-refractivity contribution in [3.8, 4) is 0 Å². The first-order chi connectivity index (χ1) is 11.1. The molecule has 0 aromatic heterocycles. The van der Waals surface area contributed by atoms with Crippen LogP contribution in [0.15, 0.2) is 59.6 Å². The minimum atomic E-state index is 0. The smallest absolute Gasteiger partial charge is 0.189 e. The van der Waals surface area contributed by atoms with Crippen molar-refractivity contribution in [3.05, 3.63) is 71.3 Å². The number of hydrogen-bond donors (Lipinski definition) is 2. The number of aliphatic imine (C=N–C) groups is 1. The standard InChI is InChI=1S/C19H25N3O.HI/c1-15(2)22-19(20)21-12-17-9-6-10-18(11-17)14-23-13-16-7-4-3-5-8-16;/h3-11,15H,12-14H2,1-2H3,(H3,20,21,22);1H. The molecule has 0 heterocycles. The van der Waals surface area contributed by atoms with Gasteiger partial charge in [0.15, 0.2) is 5.96 Å². The highest BCUT2D eigenvalue weighted by molar-refractivity contribution is 14.0. The molecule has 0 aliphatic heterocycles. The third-order valence-corrected chi connectivity index (χ3v) is 3.24. The molecule has 0 amide bonds. The molecular weight excluding hydrogens is 413 g/mol. The maximum atomic E-state index is 5.82. The lowest BCUT2D eigenvalue weighted by atomic mass is 10.1. The highest BCUT2D eigenvalue weighted by Crippen LogP contribution is 2.09. The molecular formula is C19H26IN3O. The number of nitrogens with one attached hydrogen (secondary N) is 1. The van der Waals surface area contributed by atoms with Crippen LogP contribution in [0.2, 0.25) is 0 Å². The monoisotopic (exact) mass is 439 g/mol. The van der Waals surface area contributed by atoms with Crippen molar-refractivity contribution in [3.63, 3.8) is 0 Å². The van der Waals surface area contributed by atoms with Crippen LogP contribution in [0.1, 0.15) is 30.5 Å². The van der Waals surface area contributed by atoms with Gasteiger partial charge in [-0.05, 0) is 30.5 Å². The van der Waals surface area contributed by atoms with E-state index in [1.54, 1.807) is 0 Å². The average molecular weight is 439 g/mol. The van der Waals surface area contributed by atoms with Gasteiger partial charge in [-0.2, -0.15) is 0 Å². The summed E-state index contributed by atoms with van der Waals surface area (Å²) in [6.45, 7) is 5.85. The first-order valence-electron chi connectivity index (χ1n) is 7.89. The summed E-state index contributed by atoms with van der Waals surface area (Å²) in [5, 5.41) is 3.08. The van der Waals surface area contributed by atoms with Crippen molar-refractivity contribution in [2.75, 3.05) is 0 Å². The van der Waals surface area contributed by atoms with Gasteiger partial charge in [0, 0.05) is 6.04 Å². The van der Waals surface area contributed by atoms with Crippen molar-refractivity contribution in [2.24, 2.45) is 10.7 Å². The van der Waals surface area contributed by atoms with E-state index in [9.17, 15) is 0 Å². The lowest BCUT2D eigenvalue weighted by molar-refractivity contribution is 0.107. The van der Waals surface area contributed by atoms with Crippen LogP contribution in [0.4, 0.5) is 0 Å². The Kier molecular flexibility index (Phi) is 9.41. The van der Waals surface area contributed by atoms with Crippen LogP contribution in [0.5, 0.6) is 0 Å². The normalized spacial score (nSPS) is 11.2. The molecule has 130 valence electrons. The van der Waals surface area contributed by atoms with Crippen LogP contribution in [0.25, 0.3) is 0 Å². The maximum absolute atomic E-state index is 5.82. The number of nitrogens with two attached hydrogens (primary N) is 1. The van der Waals surface area contributed by atoms with Gasteiger partial charge in [0.25, 0.3) is 0 Å². The molecule has 0 atom stereocenters. The number of guanidine groups is 1. The number of nitrogens with zero attached hydrogens (tertiary/aromatic N) is 1. The van der Waals surface area contributed by atoms with E-state index < -0.39 is 0 Å². The molecule has 4 nitrogen and oxygen atoms in total. The largest absolute Gasteiger partial charge is 0.372 e. The molecule has 0 fully saturated rings. The van der Waals surface area contributed by atoms with Crippen molar-refractivity contribution < 1.29 is 4.74 Å². The maximum Gasteiger partial charge on any atom is 0.189 e. The summed E-state index contributed by atoms with van der Waals surface area (Å²) in [7, 11) is 0. The van der Waals surface area contributed by atoms with Crippen LogP contribution in [0, 0.1) is 0 Å². The third kappa shape index (κ3) is 7.79. The summed E-state index contributed by atoms with van der Waals surface area (Å²) < 4.78 is 5.77. The van der Waals surface area contributed by atoms with Crippen LogP contribution in [-0.4, -0.2) is 12.0 Å². The number of benzene rings is 2. The van der Waals surface area contributed by atoms with E-state index in [2.05, 4.69) is 34.6 Å². The Morgan fingerprint density at radius 3 is 2.33 bits per heavy atom. The van der Waals surface area contributed by atoms with E-state index in [1.807, 2.05) is 44.2 Å². The van der Waals surface area contributed by atoms with E-state index in [0.717, 1.165) is 11.1 Å². The second-order valence-corrected chi connectivity index (χ2v) is 5.80. The molecule has 0 aliphatic rings. The summed E-state index contributed by atoms with van der Waals surface area (Å²) in [5.41, 5.74) is 9.27. The zero-order chi connectivity index (χ0) is 16.5. The van der Waals surface area contributed by atoms with E-state index in [4.69, 9.17) is 10.5 Å². The summed E-state index contributed by atoms with van der Waals surface area (Å²) in [4.78, 5) is 4.35. The van der Waals surface area contributed by atoms with Crippen LogP contribution in [0.3, 0.4) is 0 Å². The molecule has 0 unspecified atom stereocenters. The Morgan fingerprint density at radius 2 is 1.62 bits per heavy atom. The van der Waals surface area contributed by atoms with E-state index in [0.29, 0.717) is 25.7 Å². The van der Waals surface area contributed by atoms with Crippen LogP contribution in [-0.2, 0) is 24.5 Å². The van der Waals surface area contributed by atoms with Crippen molar-refractivity contribution in [1.82, 2.24) is 5.32 Å². The quantitative estimate of drug-likeness (QED) is 0.392. The fourth-order valence-electron chi connectivity index (χ4n) is 2.20. The van der Waals surface area contributed by atoms with Gasteiger partial charge in [-0.3, -0.25) is 0 Å². The molecule has 0 bridgehead atoms. The average Bonchev–Trinajstić information content (AvgIpc) is 2.54. The second-order valence-electron chi connectivity index (χ2n) is 5.80. The molecule has 0 saturated heterocycles. The summed E-state index contributed by atoms with van der Waals surface area (Å²) in [5.74, 6) is 0.478. The second kappa shape index (κ2) is 11.0. The van der Waals surface area contributed by atoms with Gasteiger partial charge in [-0.15, -0.1) is 24.0 Å². The third-order valence-electron chi connectivity index (χ3n) is 3.24. The molecule has 0 radical (unpaired) electrons. The fourth-order valence-corrected chi connectivity index (χ4v) is 2.20. The lowest BCUT2D eigenvalue weighted by Gasteiger charge is -2.09. The van der Waals surface area contributed by atoms with E-state index in [-0.39, 0.29) is 30.0 Å². The lowest BCUT2D eigenvalue weighted by Crippen LogP contribution is -2.36. The van der Waals surface area contributed by atoms with Gasteiger partial charge >= 0.3 is 0 Å². The molecule has 2 rings (SSSR count). The van der Waals surface area contributed by atoms with Gasteiger partial charge in [0.1, 0.15) is 0 Å². The van der Waals surface area contributed by atoms with E-state index in [1.165, 1.54) is 5.56 Å². The molecule has 0 saturated carbocycles. The molecule has 5 heteroatoms. The Morgan fingerprint density at radius 1 is 1.00 bits per heavy atom. The molecule has 2 aromatic carbocycles. The van der Waals surface area contributed by atoms with Crippen molar-refractivity contribution in [1.29, 1.82) is 0 Å². The first-order valence-corrected chi connectivity index (χ1v) is 7.89. The summed E-state index contributed by atoms with van der Waals surface area (Å²) in [6, 6.07) is 18.7. The molecule has 2 aromatic rings. The Hall–Kier alpha value is -1.60. The predicted octanol–water partition coefficient (Wildman–Crippen LogP) is 3.83. The van der Waals surface area contributed by atoms with Gasteiger partial charge in [-0.25, -0.2) is 4.99 Å². The van der Waals surface area contributed by atoms with Gasteiger partial charge < -0.3 is 15.8 Å². The van der Waals surface area contributed by atoms with Crippen LogP contribution < -0.4 is 11.1 Å². The molecule has 0 spiro atoms. The van der Waals surface area contributed by atoms with Gasteiger partial charge in [0.05, 0.1) is 19.8 Å². The number of halogens is 1. The Balaban J connectivity index is 0.00000288. The van der Waals surface area contributed by atoms with Crippen molar-refractivity contribution >= 4 is 29.9 Å².